The lowest BCUT2D eigenvalue weighted by atomic mass is 10.2. The summed E-state index contributed by atoms with van der Waals surface area (Å²) in [6.45, 7) is 0. The van der Waals surface area contributed by atoms with Crippen molar-refractivity contribution in [3.05, 3.63) is 35.9 Å². The molecule has 0 aliphatic carbocycles. The number of hydrogen-bond donors (Lipinski definition) is 0. The van der Waals surface area contributed by atoms with Crippen molar-refractivity contribution in [2.75, 3.05) is 0 Å². The van der Waals surface area contributed by atoms with Crippen molar-refractivity contribution in [1.82, 2.24) is 5.84 Å². The highest BCUT2D eigenvalue weighted by Gasteiger charge is 1.79. The zero-order chi connectivity index (χ0) is 6.53. The molecule has 1 rings (SSSR count). The molecule has 1 radical (unpaired) electrons. The van der Waals surface area contributed by atoms with Gasteiger partial charge in [0.2, 0.25) is 0 Å². The molecule has 0 saturated carbocycles. The van der Waals surface area contributed by atoms with Gasteiger partial charge in [-0.25, -0.2) is 5.84 Å². The summed E-state index contributed by atoms with van der Waals surface area (Å²) >= 11 is 0. The maximum atomic E-state index is 6.51. The quantitative estimate of drug-likeness (QED) is 0.394. The van der Waals surface area contributed by atoms with Crippen LogP contribution < -0.4 is 5.84 Å². The van der Waals surface area contributed by atoms with Crippen LogP contribution in [-0.2, 0) is 0 Å². The monoisotopic (exact) mass is 119 g/mol. The summed E-state index contributed by atoms with van der Waals surface area (Å²) in [6, 6.07) is 9.56. The van der Waals surface area contributed by atoms with E-state index in [1.165, 1.54) is 6.21 Å². The molecule has 0 amide bonds. The van der Waals surface area contributed by atoms with E-state index in [9.17, 15) is 0 Å². The lowest BCUT2D eigenvalue weighted by Crippen LogP contribution is -1.77. The molecule has 2 heteroatoms. The summed E-state index contributed by atoms with van der Waals surface area (Å²) in [5.74, 6) is 6.51. The van der Waals surface area contributed by atoms with Gasteiger partial charge >= 0.3 is 0 Å². The second kappa shape index (κ2) is 2.87. The molecule has 0 fully saturated rings. The Balaban J connectivity index is 2.85. The molecular formula is C7H7N2. The normalized spacial score (nSPS) is 10.2. The summed E-state index contributed by atoms with van der Waals surface area (Å²) in [6.07, 6.45) is 1.50. The van der Waals surface area contributed by atoms with Crippen molar-refractivity contribution < 1.29 is 0 Å². The van der Waals surface area contributed by atoms with Crippen LogP contribution in [0.1, 0.15) is 5.56 Å². The summed E-state index contributed by atoms with van der Waals surface area (Å²) in [7, 11) is 0. The predicted octanol–water partition coefficient (Wildman–Crippen LogP) is 1.30. The first kappa shape index (κ1) is 5.82. The van der Waals surface area contributed by atoms with Gasteiger partial charge in [-0.1, -0.05) is 30.3 Å². The van der Waals surface area contributed by atoms with Crippen LogP contribution in [-0.4, -0.2) is 6.21 Å². The Morgan fingerprint density at radius 2 is 1.89 bits per heavy atom. The first-order chi connectivity index (χ1) is 4.43. The third-order valence-electron chi connectivity index (χ3n) is 1.01. The van der Waals surface area contributed by atoms with Crippen molar-refractivity contribution in [1.29, 1.82) is 0 Å². The van der Waals surface area contributed by atoms with Crippen LogP contribution in [0, 0.1) is 0 Å². The number of hydrogen-bond acceptors (Lipinski definition) is 1. The topological polar surface area (TPSA) is 36.2 Å². The van der Waals surface area contributed by atoms with Gasteiger partial charge in [-0.15, -0.1) is 0 Å². The molecule has 9 heavy (non-hydrogen) atoms. The zero-order valence-corrected chi connectivity index (χ0v) is 4.91. The average molecular weight is 119 g/mol. The van der Waals surface area contributed by atoms with Gasteiger partial charge < -0.3 is 0 Å². The Kier molecular flexibility index (Phi) is 1.85. The van der Waals surface area contributed by atoms with Crippen molar-refractivity contribution >= 4 is 6.21 Å². The Bertz CT molecular complexity index is 191. The molecule has 1 aromatic carbocycles. The molecule has 2 nitrogen and oxygen atoms in total. The number of nitrogens with zero attached hydrogens (tertiary/aromatic N) is 1. The fraction of sp³-hybridized carbons (Fsp3) is 0. The molecule has 1 N–H and O–H groups in total. The minimum absolute atomic E-state index is 0.965. The molecule has 0 atom stereocenters. The van der Waals surface area contributed by atoms with Gasteiger partial charge in [0.25, 0.3) is 0 Å². The molecule has 45 valence electrons. The standard InChI is InChI=1S/C7H7N2/c8-9-6-7-4-2-1-3-5-7/h1-6,8H/b9-6+. The molecule has 1 aromatic rings. The second-order valence-corrected chi connectivity index (χ2v) is 1.67. The third kappa shape index (κ3) is 1.57. The minimum atomic E-state index is 0.965. The molecule has 0 unspecified atom stereocenters. The molecule has 0 spiro atoms. The van der Waals surface area contributed by atoms with E-state index in [4.69, 9.17) is 5.84 Å². The van der Waals surface area contributed by atoms with Gasteiger partial charge in [0.05, 0.1) is 6.21 Å². The SMILES string of the molecule is [NH]/N=C/c1ccccc1. The van der Waals surface area contributed by atoms with E-state index in [1.54, 1.807) is 0 Å². The summed E-state index contributed by atoms with van der Waals surface area (Å²) < 4.78 is 0. The molecule has 0 aromatic heterocycles. The zero-order valence-electron chi connectivity index (χ0n) is 4.91. The van der Waals surface area contributed by atoms with Crippen molar-refractivity contribution in [3.8, 4) is 0 Å². The van der Waals surface area contributed by atoms with Gasteiger partial charge in [0, 0.05) is 0 Å². The van der Waals surface area contributed by atoms with E-state index in [0.29, 0.717) is 0 Å². The number of rotatable bonds is 1. The highest BCUT2D eigenvalue weighted by Crippen LogP contribution is 1.92. The van der Waals surface area contributed by atoms with Gasteiger partial charge in [-0.3, -0.25) is 0 Å². The van der Waals surface area contributed by atoms with E-state index >= 15 is 0 Å². The fourth-order valence-corrected chi connectivity index (χ4v) is 0.614. The summed E-state index contributed by atoms with van der Waals surface area (Å²) in [5.41, 5.74) is 0.965. The maximum absolute atomic E-state index is 6.51. The minimum Gasteiger partial charge on any atom is -0.205 e. The summed E-state index contributed by atoms with van der Waals surface area (Å²) in [4.78, 5) is 0. The smallest absolute Gasteiger partial charge is 0.0561 e. The fourth-order valence-electron chi connectivity index (χ4n) is 0.614. The Labute approximate surface area is 54.0 Å². The van der Waals surface area contributed by atoms with Crippen LogP contribution in [0.4, 0.5) is 0 Å². The molecule has 0 bridgehead atoms. The van der Waals surface area contributed by atoms with E-state index in [-0.39, 0.29) is 0 Å². The van der Waals surface area contributed by atoms with Gasteiger partial charge in [-0.05, 0) is 5.56 Å². The van der Waals surface area contributed by atoms with Crippen LogP contribution >= 0.6 is 0 Å². The molecule has 0 aliphatic heterocycles. The van der Waals surface area contributed by atoms with Crippen LogP contribution in [0.15, 0.2) is 35.4 Å². The Hall–Kier alpha value is -1.31. The first-order valence-corrected chi connectivity index (χ1v) is 2.68. The van der Waals surface area contributed by atoms with E-state index in [0.717, 1.165) is 5.56 Å². The number of nitrogens with one attached hydrogen (secondary N) is 1. The van der Waals surface area contributed by atoms with Crippen LogP contribution in [0.3, 0.4) is 0 Å². The van der Waals surface area contributed by atoms with Crippen molar-refractivity contribution in [2.45, 2.75) is 0 Å². The van der Waals surface area contributed by atoms with Gasteiger partial charge in [-0.2, -0.15) is 5.10 Å². The van der Waals surface area contributed by atoms with Crippen LogP contribution in [0.25, 0.3) is 0 Å². The Morgan fingerprint density at radius 1 is 1.22 bits per heavy atom. The lowest BCUT2D eigenvalue weighted by Gasteiger charge is -1.85. The Morgan fingerprint density at radius 3 is 2.44 bits per heavy atom. The largest absolute Gasteiger partial charge is 0.205 e. The third-order valence-corrected chi connectivity index (χ3v) is 1.01. The molecule has 0 aliphatic rings. The average Bonchev–Trinajstić information content (AvgIpc) is 1.91. The number of benzene rings is 1. The molecule has 0 saturated heterocycles. The van der Waals surface area contributed by atoms with Gasteiger partial charge in [0.15, 0.2) is 0 Å². The van der Waals surface area contributed by atoms with Crippen molar-refractivity contribution in [2.24, 2.45) is 5.10 Å². The maximum Gasteiger partial charge on any atom is 0.0561 e. The van der Waals surface area contributed by atoms with Gasteiger partial charge in [0.1, 0.15) is 0 Å². The first-order valence-electron chi connectivity index (χ1n) is 2.68. The van der Waals surface area contributed by atoms with Crippen LogP contribution in [0.5, 0.6) is 0 Å². The van der Waals surface area contributed by atoms with Crippen LogP contribution in [0.2, 0.25) is 0 Å². The second-order valence-electron chi connectivity index (χ2n) is 1.67. The highest BCUT2D eigenvalue weighted by atomic mass is 15.1. The van der Waals surface area contributed by atoms with Crippen molar-refractivity contribution in [3.63, 3.8) is 0 Å². The summed E-state index contributed by atoms with van der Waals surface area (Å²) in [5, 5.41) is 3.13. The van der Waals surface area contributed by atoms with E-state index in [2.05, 4.69) is 5.10 Å². The highest BCUT2D eigenvalue weighted by molar-refractivity contribution is 5.78. The van der Waals surface area contributed by atoms with E-state index < -0.39 is 0 Å². The predicted molar refractivity (Wildman–Crippen MR) is 37.1 cm³/mol. The molecular weight excluding hydrogens is 112 g/mol. The molecule has 0 heterocycles. The lowest BCUT2D eigenvalue weighted by molar-refractivity contribution is 1.20. The van der Waals surface area contributed by atoms with E-state index in [1.807, 2.05) is 30.3 Å².